The molecule has 6 heteroatoms. The monoisotopic (exact) mass is 335 g/mol. The minimum atomic E-state index is -0.664. The predicted molar refractivity (Wildman–Crippen MR) is 80.4 cm³/mol. The second-order valence-electron chi connectivity index (χ2n) is 4.34. The van der Waals surface area contributed by atoms with E-state index in [1.165, 1.54) is 0 Å². The fourth-order valence-electron chi connectivity index (χ4n) is 1.66. The first-order chi connectivity index (χ1) is 9.54. The molecule has 5 nitrogen and oxygen atoms in total. The van der Waals surface area contributed by atoms with Gasteiger partial charge in [0, 0.05) is 0 Å². The lowest BCUT2D eigenvalue weighted by Crippen LogP contribution is -2.37. The molecule has 0 saturated carbocycles. The number of carbonyl (C=O) groups excluding carboxylic acids is 1. The van der Waals surface area contributed by atoms with E-state index in [9.17, 15) is 9.90 Å². The molecule has 2 aromatic rings. The van der Waals surface area contributed by atoms with Crippen LogP contribution in [0.3, 0.4) is 0 Å². The first kappa shape index (κ1) is 14.5. The number of carbonyl (C=O) groups is 1. The first-order valence-corrected chi connectivity index (χ1v) is 6.80. The summed E-state index contributed by atoms with van der Waals surface area (Å²) >= 11 is 3.22. The van der Waals surface area contributed by atoms with Crippen molar-refractivity contribution >= 4 is 27.5 Å². The molecule has 1 unspecified atom stereocenters. The number of nitrogens with one attached hydrogen (secondary N) is 1. The van der Waals surface area contributed by atoms with E-state index in [-0.39, 0.29) is 11.7 Å². The number of halogens is 1. The largest absolute Gasteiger partial charge is 0.508 e. The number of phenolic OH excluding ortho intramolecular Hbond substituents is 1. The highest BCUT2D eigenvalue weighted by Gasteiger charge is 2.14. The van der Waals surface area contributed by atoms with Gasteiger partial charge in [-0.15, -0.1) is 0 Å². The van der Waals surface area contributed by atoms with Crippen LogP contribution in [0.2, 0.25) is 0 Å². The molecule has 104 valence electrons. The van der Waals surface area contributed by atoms with Crippen LogP contribution in [0.4, 0.5) is 5.69 Å². The van der Waals surface area contributed by atoms with Crippen molar-refractivity contribution in [1.29, 1.82) is 0 Å². The number of aromatic nitrogens is 1. The Morgan fingerprint density at radius 2 is 2.00 bits per heavy atom. The lowest BCUT2D eigenvalue weighted by molar-refractivity contribution is -0.117. The molecular formula is C14H14BrN3O2. The van der Waals surface area contributed by atoms with Gasteiger partial charge in [-0.25, -0.2) is 4.98 Å². The van der Waals surface area contributed by atoms with E-state index >= 15 is 0 Å². The van der Waals surface area contributed by atoms with Crippen molar-refractivity contribution in [2.45, 2.75) is 12.5 Å². The summed E-state index contributed by atoms with van der Waals surface area (Å²) in [7, 11) is 0. The van der Waals surface area contributed by atoms with Gasteiger partial charge in [0.2, 0.25) is 5.91 Å². The number of pyridine rings is 1. The summed E-state index contributed by atoms with van der Waals surface area (Å²) in [6.07, 6.45) is 1.95. The minimum absolute atomic E-state index is 0.188. The third kappa shape index (κ3) is 4.04. The number of hydrogen-bond acceptors (Lipinski definition) is 4. The van der Waals surface area contributed by atoms with Gasteiger partial charge < -0.3 is 16.2 Å². The van der Waals surface area contributed by atoms with E-state index in [0.717, 1.165) is 5.56 Å². The molecule has 0 aliphatic carbocycles. The van der Waals surface area contributed by atoms with E-state index in [4.69, 9.17) is 5.73 Å². The van der Waals surface area contributed by atoms with Gasteiger partial charge in [-0.2, -0.15) is 0 Å². The van der Waals surface area contributed by atoms with Crippen molar-refractivity contribution in [1.82, 2.24) is 4.98 Å². The van der Waals surface area contributed by atoms with Crippen LogP contribution in [0, 0.1) is 0 Å². The number of aromatic hydroxyl groups is 1. The molecular weight excluding hydrogens is 322 g/mol. The fraction of sp³-hybridized carbons (Fsp3) is 0.143. The number of anilines is 1. The highest BCUT2D eigenvalue weighted by Crippen LogP contribution is 2.13. The fourth-order valence-corrected chi connectivity index (χ4v) is 1.90. The molecule has 2 rings (SSSR count). The summed E-state index contributed by atoms with van der Waals surface area (Å²) in [6, 6.07) is 9.43. The Labute approximate surface area is 125 Å². The standard InChI is InChI=1S/C14H14BrN3O2/c15-13-6-3-10(8-17-13)18-14(20)12(16)7-9-1-4-11(19)5-2-9/h1-6,8,12,19H,7,16H2,(H,18,20). The Bertz CT molecular complexity index is 584. The number of phenols is 1. The lowest BCUT2D eigenvalue weighted by atomic mass is 10.1. The van der Waals surface area contributed by atoms with Crippen LogP contribution in [-0.4, -0.2) is 22.0 Å². The number of amides is 1. The van der Waals surface area contributed by atoms with Crippen LogP contribution in [0.1, 0.15) is 5.56 Å². The third-order valence-electron chi connectivity index (χ3n) is 2.72. The van der Waals surface area contributed by atoms with E-state index in [1.54, 1.807) is 42.6 Å². The minimum Gasteiger partial charge on any atom is -0.508 e. The normalized spacial score (nSPS) is 11.9. The highest BCUT2D eigenvalue weighted by molar-refractivity contribution is 9.10. The van der Waals surface area contributed by atoms with E-state index in [0.29, 0.717) is 16.7 Å². The second kappa shape index (κ2) is 6.49. The van der Waals surface area contributed by atoms with Gasteiger partial charge in [0.15, 0.2) is 0 Å². The van der Waals surface area contributed by atoms with Crippen LogP contribution < -0.4 is 11.1 Å². The van der Waals surface area contributed by atoms with Crippen molar-refractivity contribution in [2.75, 3.05) is 5.32 Å². The van der Waals surface area contributed by atoms with Crippen LogP contribution >= 0.6 is 15.9 Å². The molecule has 1 atom stereocenters. The number of nitrogens with two attached hydrogens (primary N) is 1. The Balaban J connectivity index is 1.94. The molecule has 1 heterocycles. The second-order valence-corrected chi connectivity index (χ2v) is 5.15. The molecule has 0 fully saturated rings. The van der Waals surface area contributed by atoms with Crippen LogP contribution in [0.25, 0.3) is 0 Å². The van der Waals surface area contributed by atoms with E-state index in [2.05, 4.69) is 26.2 Å². The maximum atomic E-state index is 11.9. The zero-order valence-corrected chi connectivity index (χ0v) is 12.2. The molecule has 0 spiro atoms. The molecule has 0 aliphatic rings. The van der Waals surface area contributed by atoms with Crippen LogP contribution in [0.5, 0.6) is 5.75 Å². The summed E-state index contributed by atoms with van der Waals surface area (Å²) < 4.78 is 0.698. The summed E-state index contributed by atoms with van der Waals surface area (Å²) in [5, 5.41) is 11.9. The number of nitrogens with zero attached hydrogens (tertiary/aromatic N) is 1. The maximum Gasteiger partial charge on any atom is 0.241 e. The van der Waals surface area contributed by atoms with Crippen molar-refractivity contribution in [3.63, 3.8) is 0 Å². The number of hydrogen-bond donors (Lipinski definition) is 3. The topological polar surface area (TPSA) is 88.2 Å². The van der Waals surface area contributed by atoms with Crippen molar-refractivity contribution < 1.29 is 9.90 Å². The van der Waals surface area contributed by atoms with Gasteiger partial charge in [-0.1, -0.05) is 12.1 Å². The van der Waals surface area contributed by atoms with Crippen molar-refractivity contribution in [3.8, 4) is 5.75 Å². The quantitative estimate of drug-likeness (QED) is 0.746. The molecule has 1 aromatic heterocycles. The maximum absolute atomic E-state index is 11.9. The van der Waals surface area contributed by atoms with Crippen molar-refractivity contribution in [3.05, 3.63) is 52.8 Å². The zero-order chi connectivity index (χ0) is 14.5. The van der Waals surface area contributed by atoms with E-state index in [1.807, 2.05) is 0 Å². The SMILES string of the molecule is NC(Cc1ccc(O)cc1)C(=O)Nc1ccc(Br)nc1. The summed E-state index contributed by atoms with van der Waals surface area (Å²) in [5.41, 5.74) is 7.35. The van der Waals surface area contributed by atoms with Gasteiger partial charge >= 0.3 is 0 Å². The van der Waals surface area contributed by atoms with Crippen LogP contribution in [0.15, 0.2) is 47.2 Å². The highest BCUT2D eigenvalue weighted by atomic mass is 79.9. The summed E-state index contributed by atoms with van der Waals surface area (Å²) in [6.45, 7) is 0. The molecule has 1 amide bonds. The number of benzene rings is 1. The first-order valence-electron chi connectivity index (χ1n) is 6.00. The van der Waals surface area contributed by atoms with Gasteiger partial charge in [0.05, 0.1) is 17.9 Å². The average Bonchev–Trinajstić information content (AvgIpc) is 2.44. The van der Waals surface area contributed by atoms with Gasteiger partial charge in [-0.3, -0.25) is 4.79 Å². The Morgan fingerprint density at radius 3 is 2.60 bits per heavy atom. The molecule has 0 saturated heterocycles. The van der Waals surface area contributed by atoms with Gasteiger partial charge in [-0.05, 0) is 52.2 Å². The Hall–Kier alpha value is -1.92. The van der Waals surface area contributed by atoms with Gasteiger partial charge in [0.25, 0.3) is 0 Å². The Morgan fingerprint density at radius 1 is 1.30 bits per heavy atom. The molecule has 1 aromatic carbocycles. The third-order valence-corrected chi connectivity index (χ3v) is 3.19. The Kier molecular flexibility index (Phi) is 4.70. The lowest BCUT2D eigenvalue weighted by Gasteiger charge is -2.12. The van der Waals surface area contributed by atoms with Crippen LogP contribution in [-0.2, 0) is 11.2 Å². The van der Waals surface area contributed by atoms with E-state index < -0.39 is 6.04 Å². The molecule has 4 N–H and O–H groups in total. The molecule has 0 aliphatic heterocycles. The predicted octanol–water partition coefficient (Wildman–Crippen LogP) is 2.06. The smallest absolute Gasteiger partial charge is 0.241 e. The molecule has 0 radical (unpaired) electrons. The van der Waals surface area contributed by atoms with Crippen molar-refractivity contribution in [2.24, 2.45) is 5.73 Å². The number of rotatable bonds is 4. The summed E-state index contributed by atoms with van der Waals surface area (Å²) in [5.74, 6) is -0.0880. The summed E-state index contributed by atoms with van der Waals surface area (Å²) in [4.78, 5) is 16.0. The van der Waals surface area contributed by atoms with Gasteiger partial charge in [0.1, 0.15) is 10.4 Å². The zero-order valence-electron chi connectivity index (χ0n) is 10.6. The molecule has 20 heavy (non-hydrogen) atoms. The molecule has 0 bridgehead atoms. The average molecular weight is 336 g/mol.